The van der Waals surface area contributed by atoms with Crippen molar-refractivity contribution in [2.75, 3.05) is 0 Å². The van der Waals surface area contributed by atoms with E-state index in [0.717, 1.165) is 17.1 Å². The molecule has 0 fully saturated rings. The van der Waals surface area contributed by atoms with Crippen LogP contribution in [-0.2, 0) is 0 Å². The van der Waals surface area contributed by atoms with Gasteiger partial charge in [-0.1, -0.05) is 0 Å². The fourth-order valence-corrected chi connectivity index (χ4v) is 1.41. The molecule has 0 radical (unpaired) electrons. The number of nitrogens with zero attached hydrogens (tertiary/aromatic N) is 3. The molecule has 1 aliphatic rings. The van der Waals surface area contributed by atoms with Gasteiger partial charge in [-0.3, -0.25) is 0 Å². The first kappa shape index (κ1) is 10.4. The molecule has 0 saturated heterocycles. The van der Waals surface area contributed by atoms with Crippen molar-refractivity contribution in [1.29, 1.82) is 5.41 Å². The number of aryl methyl sites for hydroxylation is 2. The third-order valence-electron chi connectivity index (χ3n) is 2.07. The SMILES string of the molecule is Cc1cc(C)nc(N=C2C=CC(=N)C=C2)n1. The van der Waals surface area contributed by atoms with Gasteiger partial charge in [-0.2, -0.15) is 0 Å². The molecule has 0 unspecified atom stereocenters. The van der Waals surface area contributed by atoms with Crippen molar-refractivity contribution in [3.63, 3.8) is 0 Å². The van der Waals surface area contributed by atoms with Gasteiger partial charge in [0.15, 0.2) is 0 Å². The molecule has 2 rings (SSSR count). The molecule has 1 N–H and O–H groups in total. The molecular formula is C12H12N4. The highest BCUT2D eigenvalue weighted by molar-refractivity contribution is 6.17. The molecule has 1 aromatic heterocycles. The normalized spacial score (nSPS) is 14.4. The highest BCUT2D eigenvalue weighted by Gasteiger charge is 2.01. The van der Waals surface area contributed by atoms with E-state index < -0.39 is 0 Å². The van der Waals surface area contributed by atoms with E-state index in [1.165, 1.54) is 0 Å². The highest BCUT2D eigenvalue weighted by Crippen LogP contribution is 2.09. The van der Waals surface area contributed by atoms with E-state index in [1.807, 2.05) is 19.9 Å². The third-order valence-corrected chi connectivity index (χ3v) is 2.07. The van der Waals surface area contributed by atoms with Crippen molar-refractivity contribution in [2.45, 2.75) is 13.8 Å². The van der Waals surface area contributed by atoms with Crippen LogP contribution in [0.3, 0.4) is 0 Å². The smallest absolute Gasteiger partial charge is 0.250 e. The van der Waals surface area contributed by atoms with Crippen LogP contribution < -0.4 is 0 Å². The Morgan fingerprint density at radius 2 is 1.56 bits per heavy atom. The molecule has 1 heterocycles. The summed E-state index contributed by atoms with van der Waals surface area (Å²) in [5.74, 6) is 0.468. The predicted octanol–water partition coefficient (Wildman–Crippen LogP) is 2.31. The summed E-state index contributed by atoms with van der Waals surface area (Å²) in [5.41, 5.74) is 3.05. The minimum atomic E-state index is 0.468. The topological polar surface area (TPSA) is 62.0 Å². The number of hydrogen-bond acceptors (Lipinski definition) is 4. The molecule has 4 nitrogen and oxygen atoms in total. The zero-order valence-electron chi connectivity index (χ0n) is 9.23. The number of aromatic nitrogens is 2. The lowest BCUT2D eigenvalue weighted by atomic mass is 10.1. The minimum absolute atomic E-state index is 0.468. The Balaban J connectivity index is 2.33. The largest absolute Gasteiger partial charge is 0.301 e. The van der Waals surface area contributed by atoms with Crippen LogP contribution in [-0.4, -0.2) is 21.4 Å². The highest BCUT2D eigenvalue weighted by atomic mass is 15.0. The Hall–Kier alpha value is -2.10. The molecule has 1 aromatic rings. The van der Waals surface area contributed by atoms with Crippen LogP contribution in [0.15, 0.2) is 35.4 Å². The van der Waals surface area contributed by atoms with Crippen LogP contribution in [0.4, 0.5) is 5.95 Å². The van der Waals surface area contributed by atoms with Gasteiger partial charge in [-0.25, -0.2) is 15.0 Å². The standard InChI is InChI=1S/C12H12N4/c1-8-7-9(2)15-12(14-8)16-11-5-3-10(13)4-6-11/h3-7,13H,1-2H3. The molecule has 16 heavy (non-hydrogen) atoms. The molecular weight excluding hydrogens is 200 g/mol. The Bertz CT molecular complexity index is 486. The maximum absolute atomic E-state index is 7.37. The van der Waals surface area contributed by atoms with Crippen molar-refractivity contribution in [3.8, 4) is 0 Å². The van der Waals surface area contributed by atoms with Crippen molar-refractivity contribution < 1.29 is 0 Å². The molecule has 0 amide bonds. The van der Waals surface area contributed by atoms with E-state index in [1.54, 1.807) is 24.3 Å². The maximum atomic E-state index is 7.37. The van der Waals surface area contributed by atoms with Crippen LogP contribution in [0.1, 0.15) is 11.4 Å². The first-order chi connectivity index (χ1) is 7.63. The van der Waals surface area contributed by atoms with Gasteiger partial charge in [0.05, 0.1) is 11.4 Å². The molecule has 0 saturated carbocycles. The average molecular weight is 212 g/mol. The van der Waals surface area contributed by atoms with Crippen LogP contribution in [0.25, 0.3) is 0 Å². The molecule has 0 spiro atoms. The molecule has 1 aliphatic carbocycles. The van der Waals surface area contributed by atoms with Crippen LogP contribution in [0, 0.1) is 19.3 Å². The Morgan fingerprint density at radius 1 is 1.00 bits per heavy atom. The number of aliphatic imine (C=N–C) groups is 1. The van der Waals surface area contributed by atoms with E-state index in [-0.39, 0.29) is 0 Å². The first-order valence-corrected chi connectivity index (χ1v) is 4.99. The van der Waals surface area contributed by atoms with Gasteiger partial charge >= 0.3 is 0 Å². The summed E-state index contributed by atoms with van der Waals surface area (Å²) in [6.45, 7) is 3.83. The first-order valence-electron chi connectivity index (χ1n) is 4.99. The van der Waals surface area contributed by atoms with E-state index >= 15 is 0 Å². The van der Waals surface area contributed by atoms with E-state index in [9.17, 15) is 0 Å². The number of rotatable bonds is 1. The lowest BCUT2D eigenvalue weighted by Crippen LogP contribution is -1.99. The third kappa shape index (κ3) is 2.48. The zero-order chi connectivity index (χ0) is 11.5. The van der Waals surface area contributed by atoms with E-state index in [2.05, 4.69) is 15.0 Å². The second-order valence-corrected chi connectivity index (χ2v) is 3.61. The van der Waals surface area contributed by atoms with Crippen molar-refractivity contribution in [2.24, 2.45) is 4.99 Å². The number of nitrogens with one attached hydrogen (secondary N) is 1. The Labute approximate surface area is 94.0 Å². The van der Waals surface area contributed by atoms with Gasteiger partial charge in [0.1, 0.15) is 0 Å². The summed E-state index contributed by atoms with van der Waals surface area (Å²) < 4.78 is 0. The van der Waals surface area contributed by atoms with E-state index in [4.69, 9.17) is 5.41 Å². The fourth-order valence-electron chi connectivity index (χ4n) is 1.41. The molecule has 80 valence electrons. The maximum Gasteiger partial charge on any atom is 0.250 e. The quantitative estimate of drug-likeness (QED) is 0.726. The van der Waals surface area contributed by atoms with Gasteiger partial charge in [0.25, 0.3) is 0 Å². The Kier molecular flexibility index (Phi) is 2.72. The summed E-state index contributed by atoms with van der Waals surface area (Å²) >= 11 is 0. The number of hydrogen-bond donors (Lipinski definition) is 1. The molecule has 0 atom stereocenters. The lowest BCUT2D eigenvalue weighted by Gasteiger charge is -2.01. The minimum Gasteiger partial charge on any atom is -0.301 e. The summed E-state index contributed by atoms with van der Waals surface area (Å²) in [6.07, 6.45) is 6.95. The average Bonchev–Trinajstić information content (AvgIpc) is 2.20. The monoisotopic (exact) mass is 212 g/mol. The second kappa shape index (κ2) is 4.18. The Morgan fingerprint density at radius 3 is 2.12 bits per heavy atom. The van der Waals surface area contributed by atoms with Gasteiger partial charge in [-0.15, -0.1) is 0 Å². The van der Waals surface area contributed by atoms with Gasteiger partial charge in [-0.05, 0) is 44.2 Å². The molecule has 0 bridgehead atoms. The van der Waals surface area contributed by atoms with Crippen LogP contribution >= 0.6 is 0 Å². The van der Waals surface area contributed by atoms with Gasteiger partial charge < -0.3 is 5.41 Å². The summed E-state index contributed by atoms with van der Waals surface area (Å²) in [4.78, 5) is 12.8. The summed E-state index contributed by atoms with van der Waals surface area (Å²) in [5, 5.41) is 7.37. The number of allylic oxidation sites excluding steroid dienone is 4. The zero-order valence-corrected chi connectivity index (χ0v) is 9.23. The predicted molar refractivity (Wildman–Crippen MR) is 64.6 cm³/mol. The molecule has 0 aromatic carbocycles. The van der Waals surface area contributed by atoms with Gasteiger partial charge in [0, 0.05) is 11.4 Å². The van der Waals surface area contributed by atoms with Crippen molar-refractivity contribution in [1.82, 2.24) is 9.97 Å². The van der Waals surface area contributed by atoms with Crippen molar-refractivity contribution >= 4 is 17.4 Å². The summed E-state index contributed by atoms with van der Waals surface area (Å²) in [6, 6.07) is 1.91. The van der Waals surface area contributed by atoms with Gasteiger partial charge in [0.2, 0.25) is 5.95 Å². The van der Waals surface area contributed by atoms with E-state index in [0.29, 0.717) is 11.7 Å². The molecule has 0 aliphatic heterocycles. The van der Waals surface area contributed by atoms with Crippen molar-refractivity contribution in [3.05, 3.63) is 41.8 Å². The van der Waals surface area contributed by atoms with Crippen LogP contribution in [0.2, 0.25) is 0 Å². The van der Waals surface area contributed by atoms with Crippen LogP contribution in [0.5, 0.6) is 0 Å². The summed E-state index contributed by atoms with van der Waals surface area (Å²) in [7, 11) is 0. The second-order valence-electron chi connectivity index (χ2n) is 3.61. The fraction of sp³-hybridized carbons (Fsp3) is 0.167. The lowest BCUT2D eigenvalue weighted by molar-refractivity contribution is 1.04. The molecule has 4 heteroatoms.